The van der Waals surface area contributed by atoms with Gasteiger partial charge >= 0.3 is 0 Å². The molecule has 1 fully saturated rings. The smallest absolute Gasteiger partial charge is 0.0667 e. The Morgan fingerprint density at radius 1 is 1.37 bits per heavy atom. The number of halogens is 2. The zero-order valence-electron chi connectivity index (χ0n) is 11.7. The van der Waals surface area contributed by atoms with E-state index in [0.717, 1.165) is 34.1 Å². The van der Waals surface area contributed by atoms with E-state index in [1.807, 2.05) is 0 Å². The van der Waals surface area contributed by atoms with Crippen molar-refractivity contribution < 1.29 is 4.74 Å². The molecule has 3 unspecified atom stereocenters. The summed E-state index contributed by atoms with van der Waals surface area (Å²) in [5.41, 5.74) is 1.38. The maximum absolute atomic E-state index is 5.84. The first-order valence-corrected chi connectivity index (χ1v) is 8.43. The SMILES string of the molecule is CCOC1CC(Nc2ccc(Br)cc2Br)C1(C)CC. The number of hydrogen-bond acceptors (Lipinski definition) is 2. The van der Waals surface area contributed by atoms with Crippen LogP contribution in [0.25, 0.3) is 0 Å². The molecule has 1 aliphatic rings. The lowest BCUT2D eigenvalue weighted by Gasteiger charge is -2.54. The Hall–Kier alpha value is -0.0600. The molecule has 0 aliphatic heterocycles. The standard InChI is InChI=1S/C15H21Br2NO/c1-4-15(3)13(9-14(15)19-5-2)18-12-7-6-10(16)8-11(12)17/h6-8,13-14,18H,4-5,9H2,1-3H3. The molecule has 0 radical (unpaired) electrons. The summed E-state index contributed by atoms with van der Waals surface area (Å²) in [6.45, 7) is 7.44. The lowest BCUT2D eigenvalue weighted by Crippen LogP contribution is -2.59. The van der Waals surface area contributed by atoms with E-state index >= 15 is 0 Å². The van der Waals surface area contributed by atoms with Crippen LogP contribution in [-0.2, 0) is 4.74 Å². The number of hydrogen-bond donors (Lipinski definition) is 1. The lowest BCUT2D eigenvalue weighted by atomic mass is 9.61. The van der Waals surface area contributed by atoms with Crippen LogP contribution >= 0.6 is 31.9 Å². The van der Waals surface area contributed by atoms with Crippen LogP contribution in [0.5, 0.6) is 0 Å². The van der Waals surface area contributed by atoms with E-state index in [1.54, 1.807) is 0 Å². The van der Waals surface area contributed by atoms with Crippen molar-refractivity contribution in [3.8, 4) is 0 Å². The largest absolute Gasteiger partial charge is 0.381 e. The third-order valence-corrected chi connectivity index (χ3v) is 5.52. The van der Waals surface area contributed by atoms with Gasteiger partial charge in [-0.15, -0.1) is 0 Å². The molecule has 3 atom stereocenters. The van der Waals surface area contributed by atoms with Crippen molar-refractivity contribution in [2.75, 3.05) is 11.9 Å². The molecule has 0 bridgehead atoms. The first kappa shape index (κ1) is 15.3. The molecule has 0 saturated heterocycles. The number of anilines is 1. The molecule has 1 saturated carbocycles. The van der Waals surface area contributed by atoms with Gasteiger partial charge in [-0.1, -0.05) is 29.8 Å². The van der Waals surface area contributed by atoms with Gasteiger partial charge in [-0.25, -0.2) is 0 Å². The fraction of sp³-hybridized carbons (Fsp3) is 0.600. The molecular formula is C15H21Br2NO. The van der Waals surface area contributed by atoms with Gasteiger partial charge in [-0.3, -0.25) is 0 Å². The van der Waals surface area contributed by atoms with E-state index in [0.29, 0.717) is 12.1 Å². The predicted octanol–water partition coefficient (Wildman–Crippen LogP) is 5.22. The molecule has 0 aromatic heterocycles. The molecule has 4 heteroatoms. The summed E-state index contributed by atoms with van der Waals surface area (Å²) in [6, 6.07) is 6.73. The van der Waals surface area contributed by atoms with Crippen molar-refractivity contribution in [2.24, 2.45) is 5.41 Å². The summed E-state index contributed by atoms with van der Waals surface area (Å²) in [4.78, 5) is 0. The van der Waals surface area contributed by atoms with Gasteiger partial charge in [0, 0.05) is 32.7 Å². The van der Waals surface area contributed by atoms with Crippen LogP contribution in [-0.4, -0.2) is 18.8 Å². The highest BCUT2D eigenvalue weighted by Gasteiger charge is 2.51. The Bertz CT molecular complexity index is 452. The second-order valence-electron chi connectivity index (χ2n) is 5.36. The van der Waals surface area contributed by atoms with E-state index in [1.165, 1.54) is 0 Å². The zero-order valence-corrected chi connectivity index (χ0v) is 14.8. The minimum Gasteiger partial charge on any atom is -0.381 e. The van der Waals surface area contributed by atoms with Crippen molar-refractivity contribution in [1.29, 1.82) is 0 Å². The molecule has 106 valence electrons. The second-order valence-corrected chi connectivity index (χ2v) is 7.13. The second kappa shape index (κ2) is 6.15. The number of benzene rings is 1. The van der Waals surface area contributed by atoms with Gasteiger partial charge in [0.1, 0.15) is 0 Å². The Morgan fingerprint density at radius 3 is 2.68 bits per heavy atom. The Labute approximate surface area is 132 Å². The first-order chi connectivity index (χ1) is 9.01. The summed E-state index contributed by atoms with van der Waals surface area (Å²) in [5.74, 6) is 0. The van der Waals surface area contributed by atoms with Gasteiger partial charge in [0.25, 0.3) is 0 Å². The monoisotopic (exact) mass is 389 g/mol. The Kier molecular flexibility index (Phi) is 4.96. The minimum absolute atomic E-state index is 0.225. The lowest BCUT2D eigenvalue weighted by molar-refractivity contribution is -0.109. The van der Waals surface area contributed by atoms with E-state index in [2.05, 4.69) is 76.1 Å². The van der Waals surface area contributed by atoms with Crippen molar-refractivity contribution >= 4 is 37.5 Å². The molecule has 1 aromatic rings. The van der Waals surface area contributed by atoms with E-state index in [-0.39, 0.29) is 5.41 Å². The van der Waals surface area contributed by atoms with Gasteiger partial charge in [-0.2, -0.15) is 0 Å². The van der Waals surface area contributed by atoms with Crippen LogP contribution in [0, 0.1) is 5.41 Å². The molecular weight excluding hydrogens is 370 g/mol. The Morgan fingerprint density at radius 2 is 2.11 bits per heavy atom. The quantitative estimate of drug-likeness (QED) is 0.744. The highest BCUT2D eigenvalue weighted by atomic mass is 79.9. The number of ether oxygens (including phenoxy) is 1. The van der Waals surface area contributed by atoms with E-state index in [9.17, 15) is 0 Å². The molecule has 19 heavy (non-hydrogen) atoms. The van der Waals surface area contributed by atoms with Crippen molar-refractivity contribution in [3.05, 3.63) is 27.1 Å². The maximum atomic E-state index is 5.84. The normalized spacial score (nSPS) is 29.9. The van der Waals surface area contributed by atoms with E-state index < -0.39 is 0 Å². The van der Waals surface area contributed by atoms with Gasteiger partial charge in [0.15, 0.2) is 0 Å². The fourth-order valence-electron chi connectivity index (χ4n) is 2.77. The molecule has 0 amide bonds. The number of rotatable bonds is 5. The van der Waals surface area contributed by atoms with E-state index in [4.69, 9.17) is 4.74 Å². The summed E-state index contributed by atoms with van der Waals surface area (Å²) in [7, 11) is 0. The van der Waals surface area contributed by atoms with Crippen molar-refractivity contribution in [3.63, 3.8) is 0 Å². The van der Waals surface area contributed by atoms with Crippen LogP contribution < -0.4 is 5.32 Å². The highest BCUT2D eigenvalue weighted by Crippen LogP contribution is 2.47. The maximum Gasteiger partial charge on any atom is 0.0667 e. The molecule has 0 heterocycles. The van der Waals surface area contributed by atoms with Gasteiger partial charge in [-0.05, 0) is 53.9 Å². The average molecular weight is 391 g/mol. The molecule has 1 aliphatic carbocycles. The summed E-state index contributed by atoms with van der Waals surface area (Å²) in [5, 5.41) is 3.66. The predicted molar refractivity (Wildman–Crippen MR) is 87.7 cm³/mol. The molecule has 0 spiro atoms. The van der Waals surface area contributed by atoms with Crippen LogP contribution in [0.4, 0.5) is 5.69 Å². The van der Waals surface area contributed by atoms with Crippen LogP contribution in [0.2, 0.25) is 0 Å². The van der Waals surface area contributed by atoms with Crippen LogP contribution in [0.1, 0.15) is 33.6 Å². The summed E-state index contributed by atoms with van der Waals surface area (Å²) in [6.07, 6.45) is 2.60. The zero-order chi connectivity index (χ0) is 14.0. The fourth-order valence-corrected chi connectivity index (χ4v) is 3.93. The Balaban J connectivity index is 2.08. The summed E-state index contributed by atoms with van der Waals surface area (Å²) >= 11 is 7.09. The molecule has 2 rings (SSSR count). The van der Waals surface area contributed by atoms with Crippen molar-refractivity contribution in [1.82, 2.24) is 0 Å². The van der Waals surface area contributed by atoms with Crippen LogP contribution in [0.15, 0.2) is 27.1 Å². The third kappa shape index (κ3) is 3.01. The summed E-state index contributed by atoms with van der Waals surface area (Å²) < 4.78 is 8.03. The first-order valence-electron chi connectivity index (χ1n) is 6.84. The third-order valence-electron chi connectivity index (χ3n) is 4.37. The van der Waals surface area contributed by atoms with Gasteiger partial charge in [0.05, 0.1) is 6.10 Å². The molecule has 1 aromatic carbocycles. The van der Waals surface area contributed by atoms with Gasteiger partial charge < -0.3 is 10.1 Å². The minimum atomic E-state index is 0.225. The topological polar surface area (TPSA) is 21.3 Å². The molecule has 2 nitrogen and oxygen atoms in total. The molecule has 1 N–H and O–H groups in total. The average Bonchev–Trinajstić information content (AvgIpc) is 2.39. The van der Waals surface area contributed by atoms with Gasteiger partial charge in [0.2, 0.25) is 0 Å². The number of nitrogens with one attached hydrogen (secondary N) is 1. The van der Waals surface area contributed by atoms with Crippen LogP contribution in [0.3, 0.4) is 0 Å². The highest BCUT2D eigenvalue weighted by molar-refractivity contribution is 9.11. The van der Waals surface area contributed by atoms with Crippen molar-refractivity contribution in [2.45, 2.75) is 45.8 Å².